The lowest BCUT2D eigenvalue weighted by atomic mass is 9.96. The van der Waals surface area contributed by atoms with Crippen molar-refractivity contribution in [3.05, 3.63) is 90.0 Å². The lowest BCUT2D eigenvalue weighted by Gasteiger charge is -2.24. The van der Waals surface area contributed by atoms with Crippen LogP contribution in [0.5, 0.6) is 5.75 Å². The Morgan fingerprint density at radius 1 is 0.929 bits per heavy atom. The summed E-state index contributed by atoms with van der Waals surface area (Å²) >= 11 is 0. The van der Waals surface area contributed by atoms with Crippen molar-refractivity contribution in [1.82, 2.24) is 0 Å². The lowest BCUT2D eigenvalue weighted by molar-refractivity contribution is -0.121. The molecular formula is C24H24N2O2. The third kappa shape index (κ3) is 4.17. The molecule has 4 rings (SSSR count). The molecule has 2 unspecified atom stereocenters. The Labute approximate surface area is 165 Å². The summed E-state index contributed by atoms with van der Waals surface area (Å²) in [4.78, 5) is 12.6. The highest BCUT2D eigenvalue weighted by Gasteiger charge is 2.25. The first-order valence-corrected chi connectivity index (χ1v) is 9.62. The Balaban J connectivity index is 1.35. The molecule has 3 aromatic rings. The van der Waals surface area contributed by atoms with Gasteiger partial charge >= 0.3 is 0 Å². The van der Waals surface area contributed by atoms with Crippen molar-refractivity contribution in [1.29, 1.82) is 0 Å². The predicted molar refractivity (Wildman–Crippen MR) is 113 cm³/mol. The van der Waals surface area contributed by atoms with Gasteiger partial charge in [0, 0.05) is 17.4 Å². The Morgan fingerprint density at radius 3 is 2.39 bits per heavy atom. The molecule has 1 aliphatic rings. The van der Waals surface area contributed by atoms with E-state index in [4.69, 9.17) is 4.74 Å². The van der Waals surface area contributed by atoms with Crippen LogP contribution < -0.4 is 15.4 Å². The van der Waals surface area contributed by atoms with Gasteiger partial charge < -0.3 is 15.4 Å². The molecule has 2 N–H and O–H groups in total. The van der Waals surface area contributed by atoms with Crippen molar-refractivity contribution in [2.75, 3.05) is 17.2 Å². The van der Waals surface area contributed by atoms with E-state index in [1.165, 1.54) is 5.56 Å². The average Bonchev–Trinajstić information content (AvgIpc) is 2.75. The molecule has 0 bridgehead atoms. The quantitative estimate of drug-likeness (QED) is 0.659. The fourth-order valence-corrected chi connectivity index (χ4v) is 3.47. The first-order valence-electron chi connectivity index (χ1n) is 9.62. The molecule has 0 aromatic heterocycles. The number of ether oxygens (including phenoxy) is 1. The minimum absolute atomic E-state index is 0.00661. The van der Waals surface area contributed by atoms with Gasteiger partial charge in [-0.25, -0.2) is 0 Å². The SMILES string of the molecule is CC(Nc1ccc(NC(=O)C2COc3ccccc3C2)cc1)c1ccccc1. The van der Waals surface area contributed by atoms with Gasteiger partial charge in [-0.2, -0.15) is 0 Å². The van der Waals surface area contributed by atoms with E-state index in [0.717, 1.165) is 22.7 Å². The van der Waals surface area contributed by atoms with Gasteiger partial charge in [0.1, 0.15) is 12.4 Å². The predicted octanol–water partition coefficient (Wildman–Crippen LogP) is 5.05. The summed E-state index contributed by atoms with van der Waals surface area (Å²) in [6.45, 7) is 2.54. The first-order chi connectivity index (χ1) is 13.7. The molecule has 1 heterocycles. The van der Waals surface area contributed by atoms with Gasteiger partial charge in [-0.1, -0.05) is 48.5 Å². The Kier molecular flexibility index (Phi) is 5.29. The topological polar surface area (TPSA) is 50.4 Å². The van der Waals surface area contributed by atoms with Crippen LogP contribution in [0.15, 0.2) is 78.9 Å². The van der Waals surface area contributed by atoms with Crippen LogP contribution in [0.3, 0.4) is 0 Å². The average molecular weight is 372 g/mol. The molecule has 0 spiro atoms. The molecule has 28 heavy (non-hydrogen) atoms. The smallest absolute Gasteiger partial charge is 0.231 e. The number of hydrogen-bond acceptors (Lipinski definition) is 3. The molecule has 2 atom stereocenters. The molecule has 4 nitrogen and oxygen atoms in total. The Morgan fingerprint density at radius 2 is 1.61 bits per heavy atom. The van der Waals surface area contributed by atoms with Crippen LogP contribution in [0, 0.1) is 5.92 Å². The van der Waals surface area contributed by atoms with Crippen LogP contribution in [0.25, 0.3) is 0 Å². The molecule has 0 aliphatic carbocycles. The number of amides is 1. The van der Waals surface area contributed by atoms with E-state index >= 15 is 0 Å². The number of para-hydroxylation sites is 1. The zero-order valence-corrected chi connectivity index (χ0v) is 15.9. The number of nitrogens with one attached hydrogen (secondary N) is 2. The van der Waals surface area contributed by atoms with E-state index in [0.29, 0.717) is 13.0 Å². The monoisotopic (exact) mass is 372 g/mol. The van der Waals surface area contributed by atoms with Crippen LogP contribution in [0.2, 0.25) is 0 Å². The van der Waals surface area contributed by atoms with Crippen LogP contribution in [-0.4, -0.2) is 12.5 Å². The number of carbonyl (C=O) groups excluding carboxylic acids is 1. The zero-order chi connectivity index (χ0) is 19.3. The minimum atomic E-state index is -0.175. The van der Waals surface area contributed by atoms with Gasteiger partial charge in [0.05, 0.1) is 5.92 Å². The number of benzene rings is 3. The number of anilines is 2. The zero-order valence-electron chi connectivity index (χ0n) is 15.9. The third-order valence-corrected chi connectivity index (χ3v) is 5.08. The van der Waals surface area contributed by atoms with Crippen molar-refractivity contribution >= 4 is 17.3 Å². The van der Waals surface area contributed by atoms with Crippen LogP contribution in [0.1, 0.15) is 24.1 Å². The molecule has 3 aromatic carbocycles. The summed E-state index contributed by atoms with van der Waals surface area (Å²) in [6, 6.07) is 26.2. The minimum Gasteiger partial charge on any atom is -0.492 e. The fourth-order valence-electron chi connectivity index (χ4n) is 3.47. The van der Waals surface area contributed by atoms with E-state index in [1.54, 1.807) is 0 Å². The van der Waals surface area contributed by atoms with E-state index in [2.05, 4.69) is 29.7 Å². The summed E-state index contributed by atoms with van der Waals surface area (Å²) in [5.41, 5.74) is 4.13. The highest BCUT2D eigenvalue weighted by atomic mass is 16.5. The van der Waals surface area contributed by atoms with Crippen molar-refractivity contribution in [3.8, 4) is 5.75 Å². The summed E-state index contributed by atoms with van der Waals surface area (Å²) in [6.07, 6.45) is 0.705. The number of hydrogen-bond donors (Lipinski definition) is 2. The van der Waals surface area contributed by atoms with Gasteiger partial charge in [-0.05, 0) is 54.8 Å². The molecule has 1 amide bonds. The van der Waals surface area contributed by atoms with Crippen molar-refractivity contribution < 1.29 is 9.53 Å². The molecule has 0 saturated carbocycles. The molecule has 142 valence electrons. The van der Waals surface area contributed by atoms with Crippen LogP contribution in [-0.2, 0) is 11.2 Å². The van der Waals surface area contributed by atoms with Crippen LogP contribution >= 0.6 is 0 Å². The van der Waals surface area contributed by atoms with Crippen LogP contribution in [0.4, 0.5) is 11.4 Å². The van der Waals surface area contributed by atoms with E-state index in [9.17, 15) is 4.79 Å². The number of fused-ring (bicyclic) bond motifs is 1. The summed E-state index contributed by atoms with van der Waals surface area (Å²) in [5.74, 6) is 0.702. The fraction of sp³-hybridized carbons (Fsp3) is 0.208. The molecule has 1 aliphatic heterocycles. The summed E-state index contributed by atoms with van der Waals surface area (Å²) < 4.78 is 5.73. The molecule has 0 saturated heterocycles. The molecule has 0 fully saturated rings. The molecular weight excluding hydrogens is 348 g/mol. The van der Waals surface area contributed by atoms with Gasteiger partial charge in [-0.3, -0.25) is 4.79 Å². The van der Waals surface area contributed by atoms with Gasteiger partial charge in [0.25, 0.3) is 0 Å². The summed E-state index contributed by atoms with van der Waals surface area (Å²) in [7, 11) is 0. The number of carbonyl (C=O) groups is 1. The highest BCUT2D eigenvalue weighted by Crippen LogP contribution is 2.28. The van der Waals surface area contributed by atoms with Crippen molar-refractivity contribution in [2.24, 2.45) is 5.92 Å². The van der Waals surface area contributed by atoms with Gasteiger partial charge in [-0.15, -0.1) is 0 Å². The maximum atomic E-state index is 12.6. The second-order valence-corrected chi connectivity index (χ2v) is 7.16. The Bertz CT molecular complexity index is 938. The lowest BCUT2D eigenvalue weighted by Crippen LogP contribution is -2.32. The van der Waals surface area contributed by atoms with E-state index in [1.807, 2.05) is 66.7 Å². The van der Waals surface area contributed by atoms with Gasteiger partial charge in [0.15, 0.2) is 0 Å². The number of rotatable bonds is 5. The molecule has 0 radical (unpaired) electrons. The maximum absolute atomic E-state index is 12.6. The highest BCUT2D eigenvalue weighted by molar-refractivity contribution is 5.93. The van der Waals surface area contributed by atoms with Crippen molar-refractivity contribution in [3.63, 3.8) is 0 Å². The second kappa shape index (κ2) is 8.17. The largest absolute Gasteiger partial charge is 0.492 e. The van der Waals surface area contributed by atoms with Gasteiger partial charge in [0.2, 0.25) is 5.91 Å². The standard InChI is InChI=1S/C24H24N2O2/c1-17(18-7-3-2-4-8-18)25-21-11-13-22(14-12-21)26-24(27)20-15-19-9-5-6-10-23(19)28-16-20/h2-14,17,20,25H,15-16H2,1H3,(H,26,27). The Hall–Kier alpha value is -3.27. The normalized spacial score (nSPS) is 16.4. The third-order valence-electron chi connectivity index (χ3n) is 5.08. The van der Waals surface area contributed by atoms with E-state index in [-0.39, 0.29) is 17.9 Å². The van der Waals surface area contributed by atoms with Crippen molar-refractivity contribution in [2.45, 2.75) is 19.4 Å². The maximum Gasteiger partial charge on any atom is 0.231 e. The second-order valence-electron chi connectivity index (χ2n) is 7.16. The summed E-state index contributed by atoms with van der Waals surface area (Å²) in [5, 5.41) is 6.49. The van der Waals surface area contributed by atoms with E-state index < -0.39 is 0 Å². The first kappa shape index (κ1) is 18.1. The molecule has 4 heteroatoms.